The number of hydrogen-bond acceptors (Lipinski definition) is 3. The molecule has 0 aliphatic heterocycles. The van der Waals surface area contributed by atoms with Crippen LogP contribution in [0.2, 0.25) is 0 Å². The largest absolute Gasteiger partial charge is 0.372 e. The lowest BCUT2D eigenvalue weighted by atomic mass is 10.1. The molecule has 0 spiro atoms. The van der Waals surface area contributed by atoms with Crippen molar-refractivity contribution in [3.05, 3.63) is 49.9 Å². The minimum atomic E-state index is 0.741. The average Bonchev–Trinajstić information content (AvgIpc) is 2.32. The van der Waals surface area contributed by atoms with Gasteiger partial charge < -0.3 is 5.32 Å². The summed E-state index contributed by atoms with van der Waals surface area (Å²) in [4.78, 5) is 8.81. The van der Waals surface area contributed by atoms with E-state index in [-0.39, 0.29) is 0 Å². The minimum Gasteiger partial charge on any atom is -0.372 e. The second-order valence-electron chi connectivity index (χ2n) is 3.54. The molecule has 2 aromatic rings. The van der Waals surface area contributed by atoms with Gasteiger partial charge in [0.05, 0.1) is 3.57 Å². The summed E-state index contributed by atoms with van der Waals surface area (Å²) < 4.78 is 2.11. The average molecular weight is 404 g/mol. The third kappa shape index (κ3) is 3.38. The van der Waals surface area contributed by atoms with Crippen molar-refractivity contribution >= 4 is 44.3 Å². The van der Waals surface area contributed by atoms with Crippen molar-refractivity contribution in [1.82, 2.24) is 9.97 Å². The molecule has 1 N–H and O–H groups in total. The molecule has 3 nitrogen and oxygen atoms in total. The van der Waals surface area contributed by atoms with E-state index in [2.05, 4.69) is 65.9 Å². The fourth-order valence-corrected chi connectivity index (χ4v) is 2.47. The number of benzene rings is 1. The molecular weight excluding hydrogens is 393 g/mol. The summed E-state index contributed by atoms with van der Waals surface area (Å²) in [5.74, 6) is 1.71. The maximum absolute atomic E-state index is 4.47. The van der Waals surface area contributed by atoms with Gasteiger partial charge in [-0.1, -0.05) is 28.1 Å². The Bertz CT molecular complexity index is 531. The van der Waals surface area contributed by atoms with Crippen molar-refractivity contribution in [2.24, 2.45) is 0 Å². The summed E-state index contributed by atoms with van der Waals surface area (Å²) in [5.41, 5.74) is 1.20. The van der Waals surface area contributed by atoms with E-state index in [1.54, 1.807) is 0 Å². The maximum Gasteiger partial charge on any atom is 0.142 e. The number of aromatic nitrogens is 2. The molecule has 0 fully saturated rings. The highest BCUT2D eigenvalue weighted by atomic mass is 127. The molecule has 17 heavy (non-hydrogen) atoms. The van der Waals surface area contributed by atoms with Crippen molar-refractivity contribution in [2.75, 3.05) is 12.4 Å². The van der Waals surface area contributed by atoms with E-state index in [4.69, 9.17) is 0 Å². The molecule has 1 aromatic heterocycles. The van der Waals surface area contributed by atoms with Gasteiger partial charge in [-0.25, -0.2) is 9.97 Å². The van der Waals surface area contributed by atoms with Crippen LogP contribution in [-0.2, 0) is 6.42 Å². The molecule has 0 atom stereocenters. The highest BCUT2D eigenvalue weighted by molar-refractivity contribution is 14.1. The highest BCUT2D eigenvalue weighted by Gasteiger charge is 2.04. The van der Waals surface area contributed by atoms with Crippen molar-refractivity contribution < 1.29 is 0 Å². The second kappa shape index (κ2) is 5.77. The van der Waals surface area contributed by atoms with Crippen LogP contribution in [0, 0.1) is 3.57 Å². The molecule has 88 valence electrons. The van der Waals surface area contributed by atoms with E-state index < -0.39 is 0 Å². The lowest BCUT2D eigenvalue weighted by Gasteiger charge is -2.05. The number of anilines is 1. The second-order valence-corrected chi connectivity index (χ2v) is 5.62. The third-order valence-corrected chi connectivity index (χ3v) is 3.56. The summed E-state index contributed by atoms with van der Waals surface area (Å²) in [7, 11) is 1.87. The van der Waals surface area contributed by atoms with Crippen LogP contribution in [0.4, 0.5) is 5.82 Å². The van der Waals surface area contributed by atoms with Crippen LogP contribution in [0.15, 0.2) is 34.9 Å². The third-order valence-electron chi connectivity index (χ3n) is 2.28. The Hall–Kier alpha value is -0.690. The molecule has 0 saturated carbocycles. The van der Waals surface area contributed by atoms with Gasteiger partial charge in [0.1, 0.15) is 11.6 Å². The first-order valence-electron chi connectivity index (χ1n) is 5.12. The number of nitrogens with zero attached hydrogens (tertiary/aromatic N) is 2. The Kier molecular flexibility index (Phi) is 4.33. The Morgan fingerprint density at radius 1 is 1.41 bits per heavy atom. The predicted molar refractivity (Wildman–Crippen MR) is 81.2 cm³/mol. The molecule has 0 unspecified atom stereocenters. The molecule has 0 radical (unpaired) electrons. The van der Waals surface area contributed by atoms with Crippen LogP contribution in [0.3, 0.4) is 0 Å². The molecule has 5 heteroatoms. The fraction of sp³-hybridized carbons (Fsp3) is 0.167. The van der Waals surface area contributed by atoms with Crippen molar-refractivity contribution in [3.63, 3.8) is 0 Å². The van der Waals surface area contributed by atoms with Crippen LogP contribution in [-0.4, -0.2) is 17.0 Å². The topological polar surface area (TPSA) is 37.8 Å². The zero-order valence-corrected chi connectivity index (χ0v) is 13.0. The van der Waals surface area contributed by atoms with Crippen LogP contribution in [0.5, 0.6) is 0 Å². The van der Waals surface area contributed by atoms with Crippen molar-refractivity contribution in [2.45, 2.75) is 6.42 Å². The first-order chi connectivity index (χ1) is 8.19. The minimum absolute atomic E-state index is 0.741. The van der Waals surface area contributed by atoms with Gasteiger partial charge in [0.15, 0.2) is 0 Å². The summed E-state index contributed by atoms with van der Waals surface area (Å²) in [5, 5.41) is 3.06. The van der Waals surface area contributed by atoms with Crippen LogP contribution >= 0.6 is 38.5 Å². The molecule has 0 bridgehead atoms. The zero-order chi connectivity index (χ0) is 12.3. The molecule has 1 aromatic carbocycles. The van der Waals surface area contributed by atoms with Crippen LogP contribution in [0.25, 0.3) is 0 Å². The van der Waals surface area contributed by atoms with Crippen molar-refractivity contribution in [3.8, 4) is 0 Å². The normalized spacial score (nSPS) is 10.3. The number of rotatable bonds is 3. The number of hydrogen-bond donors (Lipinski definition) is 1. The predicted octanol–water partition coefficient (Wildman–Crippen LogP) is 3.48. The standard InChI is InChI=1S/C12H11BrIN3/c1-15-12-10(14)7-16-11(17-12)6-8-3-2-4-9(13)5-8/h2-5,7H,6H2,1H3,(H,15,16,17). The maximum atomic E-state index is 4.47. The van der Waals surface area contributed by atoms with Crippen LogP contribution < -0.4 is 5.32 Å². The number of nitrogens with one attached hydrogen (secondary N) is 1. The molecule has 2 rings (SSSR count). The Balaban J connectivity index is 2.24. The lowest BCUT2D eigenvalue weighted by Crippen LogP contribution is -2.02. The van der Waals surface area contributed by atoms with Gasteiger partial charge in [-0.2, -0.15) is 0 Å². The van der Waals surface area contributed by atoms with Gasteiger partial charge >= 0.3 is 0 Å². The van der Waals surface area contributed by atoms with E-state index in [0.29, 0.717) is 0 Å². The van der Waals surface area contributed by atoms with E-state index in [0.717, 1.165) is 26.1 Å². The number of halogens is 2. The van der Waals surface area contributed by atoms with E-state index in [1.807, 2.05) is 25.4 Å². The summed E-state index contributed by atoms with van der Waals surface area (Å²) in [6.07, 6.45) is 2.58. The SMILES string of the molecule is CNc1nc(Cc2cccc(Br)c2)ncc1I. The first-order valence-corrected chi connectivity index (χ1v) is 7.00. The zero-order valence-electron chi connectivity index (χ0n) is 9.24. The van der Waals surface area contributed by atoms with Gasteiger partial charge in [-0.3, -0.25) is 0 Å². The molecular formula is C12H11BrIN3. The monoisotopic (exact) mass is 403 g/mol. The summed E-state index contributed by atoms with van der Waals surface area (Å²) in [6.45, 7) is 0. The molecule has 0 saturated heterocycles. The van der Waals surface area contributed by atoms with Crippen molar-refractivity contribution in [1.29, 1.82) is 0 Å². The Morgan fingerprint density at radius 2 is 2.24 bits per heavy atom. The van der Waals surface area contributed by atoms with Gasteiger partial charge in [0.2, 0.25) is 0 Å². The Morgan fingerprint density at radius 3 is 2.94 bits per heavy atom. The molecule has 1 heterocycles. The van der Waals surface area contributed by atoms with Crippen LogP contribution in [0.1, 0.15) is 11.4 Å². The van der Waals surface area contributed by atoms with E-state index in [1.165, 1.54) is 5.56 Å². The Labute approximate surface area is 122 Å². The van der Waals surface area contributed by atoms with Gasteiger partial charge in [-0.05, 0) is 40.3 Å². The van der Waals surface area contributed by atoms with Gasteiger partial charge in [-0.15, -0.1) is 0 Å². The molecule has 0 aliphatic rings. The van der Waals surface area contributed by atoms with E-state index in [9.17, 15) is 0 Å². The fourth-order valence-electron chi connectivity index (χ4n) is 1.49. The first kappa shape index (κ1) is 12.8. The smallest absolute Gasteiger partial charge is 0.142 e. The van der Waals surface area contributed by atoms with Gasteiger partial charge in [0.25, 0.3) is 0 Å². The van der Waals surface area contributed by atoms with E-state index >= 15 is 0 Å². The van der Waals surface area contributed by atoms with Gasteiger partial charge in [0, 0.05) is 24.1 Å². The molecule has 0 aliphatic carbocycles. The summed E-state index contributed by atoms with van der Waals surface area (Å²) >= 11 is 5.68. The molecule has 0 amide bonds. The quantitative estimate of drug-likeness (QED) is 0.797. The highest BCUT2D eigenvalue weighted by Crippen LogP contribution is 2.17. The lowest BCUT2D eigenvalue weighted by molar-refractivity contribution is 0.962. The summed E-state index contributed by atoms with van der Waals surface area (Å²) in [6, 6.07) is 8.19.